The van der Waals surface area contributed by atoms with Gasteiger partial charge in [-0.05, 0) is 97.7 Å². The summed E-state index contributed by atoms with van der Waals surface area (Å²) in [5.74, 6) is 4.64. The van der Waals surface area contributed by atoms with Gasteiger partial charge >= 0.3 is 11.9 Å². The average molecular weight is 489 g/mol. The number of carbonyl (C=O) groups excluding carboxylic acids is 2. The first-order valence-electron chi connectivity index (χ1n) is 14.8. The maximum Gasteiger partial charge on any atom is 0.303 e. The van der Waals surface area contributed by atoms with Gasteiger partial charge in [0.2, 0.25) is 0 Å². The van der Waals surface area contributed by atoms with Crippen LogP contribution in [0.25, 0.3) is 0 Å². The van der Waals surface area contributed by atoms with Gasteiger partial charge < -0.3 is 9.47 Å². The van der Waals surface area contributed by atoms with Gasteiger partial charge in [-0.15, -0.1) is 0 Å². The standard InChI is InChI=1S/C31H52O4/c1-19(2)9-8-10-20(3)24-13-14-25-23-11-12-27-29(35-22(5)33)28(34-21(4)32)16-18-31(27,7)26(23)15-17-30(24,25)6/h19-20,23-29H,8-18H2,1-7H3. The van der Waals surface area contributed by atoms with Crippen LogP contribution in [-0.4, -0.2) is 24.1 Å². The minimum Gasteiger partial charge on any atom is -0.459 e. The highest BCUT2D eigenvalue weighted by atomic mass is 16.6. The highest BCUT2D eigenvalue weighted by Gasteiger charge is 2.63. The first-order chi connectivity index (χ1) is 16.5. The minimum absolute atomic E-state index is 0.169. The molecule has 4 rings (SSSR count). The van der Waals surface area contributed by atoms with Gasteiger partial charge in [0, 0.05) is 19.8 Å². The molecule has 4 fully saturated rings. The van der Waals surface area contributed by atoms with Gasteiger partial charge in [0.05, 0.1) is 0 Å². The van der Waals surface area contributed by atoms with E-state index in [2.05, 4.69) is 34.6 Å². The molecule has 0 saturated heterocycles. The van der Waals surface area contributed by atoms with Crippen LogP contribution in [0.15, 0.2) is 0 Å². The Morgan fingerprint density at radius 3 is 2.06 bits per heavy atom. The highest BCUT2D eigenvalue weighted by molar-refractivity contribution is 5.67. The molecule has 0 amide bonds. The molecule has 4 saturated carbocycles. The van der Waals surface area contributed by atoms with Crippen molar-refractivity contribution in [3.8, 4) is 0 Å². The van der Waals surface area contributed by atoms with E-state index in [4.69, 9.17) is 9.47 Å². The summed E-state index contributed by atoms with van der Waals surface area (Å²) < 4.78 is 11.6. The number of rotatable bonds is 7. The molecule has 0 aromatic rings. The van der Waals surface area contributed by atoms with Crippen LogP contribution in [0.4, 0.5) is 0 Å². The molecule has 0 aliphatic heterocycles. The number of carbonyl (C=O) groups is 2. The third-order valence-corrected chi connectivity index (χ3v) is 11.5. The molecular weight excluding hydrogens is 436 g/mol. The summed E-state index contributed by atoms with van der Waals surface area (Å²) >= 11 is 0. The normalized spacial score (nSPS) is 43.6. The summed E-state index contributed by atoms with van der Waals surface area (Å²) in [5, 5.41) is 0. The van der Waals surface area contributed by atoms with E-state index in [1.807, 2.05) is 0 Å². The summed E-state index contributed by atoms with van der Waals surface area (Å²) in [6.45, 7) is 15.3. The van der Waals surface area contributed by atoms with Crippen LogP contribution in [0.3, 0.4) is 0 Å². The van der Waals surface area contributed by atoms with Gasteiger partial charge in [-0.25, -0.2) is 0 Å². The first-order valence-corrected chi connectivity index (χ1v) is 14.8. The molecule has 4 aliphatic carbocycles. The van der Waals surface area contributed by atoms with E-state index in [9.17, 15) is 9.59 Å². The molecule has 0 bridgehead atoms. The second-order valence-electron chi connectivity index (χ2n) is 13.9. The van der Waals surface area contributed by atoms with Crippen molar-refractivity contribution in [2.24, 2.45) is 52.3 Å². The fourth-order valence-electron chi connectivity index (χ4n) is 9.99. The molecule has 0 heterocycles. The summed E-state index contributed by atoms with van der Waals surface area (Å²) in [7, 11) is 0. The van der Waals surface area contributed by atoms with Crippen molar-refractivity contribution in [3.63, 3.8) is 0 Å². The quantitative estimate of drug-likeness (QED) is 0.347. The first kappa shape index (κ1) is 27.0. The van der Waals surface area contributed by atoms with Gasteiger partial charge in [-0.1, -0.05) is 53.9 Å². The molecule has 10 unspecified atom stereocenters. The molecule has 0 N–H and O–H groups in total. The maximum atomic E-state index is 12.0. The van der Waals surface area contributed by atoms with Crippen LogP contribution < -0.4 is 0 Å². The Morgan fingerprint density at radius 1 is 0.771 bits per heavy atom. The Labute approximate surface area is 214 Å². The molecule has 0 aromatic heterocycles. The van der Waals surface area contributed by atoms with Crippen molar-refractivity contribution < 1.29 is 19.1 Å². The van der Waals surface area contributed by atoms with E-state index in [0.717, 1.165) is 48.9 Å². The molecule has 10 atom stereocenters. The van der Waals surface area contributed by atoms with Gasteiger partial charge in [0.1, 0.15) is 12.2 Å². The van der Waals surface area contributed by atoms with E-state index < -0.39 is 0 Å². The SMILES string of the molecule is CC(=O)OC1CCC2(C)C3CCC4(C)C(C(C)CCCC(C)C)CCC4C3CCC2C1OC(C)=O. The zero-order chi connectivity index (χ0) is 25.5. The predicted octanol–water partition coefficient (Wildman–Crippen LogP) is 7.58. The van der Waals surface area contributed by atoms with Crippen LogP contribution in [0.5, 0.6) is 0 Å². The topological polar surface area (TPSA) is 52.6 Å². The van der Waals surface area contributed by atoms with Gasteiger partial charge in [-0.3, -0.25) is 9.59 Å². The number of esters is 2. The van der Waals surface area contributed by atoms with E-state index in [1.165, 1.54) is 65.2 Å². The molecular formula is C31H52O4. The van der Waals surface area contributed by atoms with E-state index in [1.54, 1.807) is 0 Å². The predicted molar refractivity (Wildman–Crippen MR) is 140 cm³/mol. The number of hydrogen-bond acceptors (Lipinski definition) is 4. The fourth-order valence-corrected chi connectivity index (χ4v) is 9.99. The molecule has 4 heteroatoms. The number of hydrogen-bond donors (Lipinski definition) is 0. The Bertz CT molecular complexity index is 776. The lowest BCUT2D eigenvalue weighted by atomic mass is 9.44. The summed E-state index contributed by atoms with van der Waals surface area (Å²) in [4.78, 5) is 23.8. The molecule has 0 spiro atoms. The van der Waals surface area contributed by atoms with Gasteiger partial charge in [-0.2, -0.15) is 0 Å². The monoisotopic (exact) mass is 488 g/mol. The summed E-state index contributed by atoms with van der Waals surface area (Å²) in [5.41, 5.74) is 0.661. The number of fused-ring (bicyclic) bond motifs is 5. The van der Waals surface area contributed by atoms with Crippen molar-refractivity contribution in [2.45, 2.75) is 131 Å². The lowest BCUT2D eigenvalue weighted by Gasteiger charge is -2.62. The van der Waals surface area contributed by atoms with Crippen molar-refractivity contribution in [2.75, 3.05) is 0 Å². The van der Waals surface area contributed by atoms with E-state index >= 15 is 0 Å². The third kappa shape index (κ3) is 5.06. The largest absolute Gasteiger partial charge is 0.459 e. The fraction of sp³-hybridized carbons (Fsp3) is 0.935. The Morgan fingerprint density at radius 2 is 1.40 bits per heavy atom. The molecule has 0 radical (unpaired) electrons. The van der Waals surface area contributed by atoms with Gasteiger partial charge in [0.15, 0.2) is 0 Å². The van der Waals surface area contributed by atoms with Crippen LogP contribution in [0, 0.1) is 52.3 Å². The summed E-state index contributed by atoms with van der Waals surface area (Å²) in [6, 6.07) is 0. The van der Waals surface area contributed by atoms with Crippen molar-refractivity contribution >= 4 is 11.9 Å². The van der Waals surface area contributed by atoms with E-state index in [-0.39, 0.29) is 29.6 Å². The van der Waals surface area contributed by atoms with Crippen LogP contribution >= 0.6 is 0 Å². The van der Waals surface area contributed by atoms with Crippen LogP contribution in [-0.2, 0) is 19.1 Å². The van der Waals surface area contributed by atoms with E-state index in [0.29, 0.717) is 17.3 Å². The smallest absolute Gasteiger partial charge is 0.303 e. The minimum atomic E-state index is -0.290. The third-order valence-electron chi connectivity index (χ3n) is 11.5. The molecule has 4 nitrogen and oxygen atoms in total. The molecule has 0 aromatic carbocycles. The Kier molecular flexibility index (Phi) is 7.99. The lowest BCUT2D eigenvalue weighted by molar-refractivity contribution is -0.205. The zero-order valence-corrected chi connectivity index (χ0v) is 23.6. The van der Waals surface area contributed by atoms with Crippen LogP contribution in [0.2, 0.25) is 0 Å². The maximum absolute atomic E-state index is 12.0. The Hall–Kier alpha value is -1.06. The van der Waals surface area contributed by atoms with Crippen LogP contribution in [0.1, 0.15) is 119 Å². The Balaban J connectivity index is 1.50. The molecule has 200 valence electrons. The zero-order valence-electron chi connectivity index (χ0n) is 23.6. The second-order valence-corrected chi connectivity index (χ2v) is 13.9. The lowest BCUT2D eigenvalue weighted by Crippen LogP contribution is -2.59. The summed E-state index contributed by atoms with van der Waals surface area (Å²) in [6.07, 6.45) is 13.2. The van der Waals surface area contributed by atoms with Crippen molar-refractivity contribution in [3.05, 3.63) is 0 Å². The molecule has 35 heavy (non-hydrogen) atoms. The average Bonchev–Trinajstić information content (AvgIpc) is 3.12. The highest BCUT2D eigenvalue weighted by Crippen LogP contribution is 2.68. The van der Waals surface area contributed by atoms with Crippen molar-refractivity contribution in [1.29, 1.82) is 0 Å². The van der Waals surface area contributed by atoms with Crippen molar-refractivity contribution in [1.82, 2.24) is 0 Å². The van der Waals surface area contributed by atoms with Gasteiger partial charge in [0.25, 0.3) is 0 Å². The molecule has 4 aliphatic rings. The number of ether oxygens (including phenoxy) is 2. The second kappa shape index (κ2) is 10.4.